The Morgan fingerprint density at radius 3 is 2.53 bits per heavy atom. The molecule has 17 heavy (non-hydrogen) atoms. The summed E-state index contributed by atoms with van der Waals surface area (Å²) in [6.07, 6.45) is 2.21. The van der Waals surface area contributed by atoms with Gasteiger partial charge >= 0.3 is 5.97 Å². The van der Waals surface area contributed by atoms with E-state index in [-0.39, 0.29) is 16.5 Å². The number of aryl methyl sites for hydroxylation is 1. The van der Waals surface area contributed by atoms with Crippen molar-refractivity contribution in [2.75, 3.05) is 0 Å². The van der Waals surface area contributed by atoms with Crippen LogP contribution < -0.4 is 5.56 Å². The number of aromatic nitrogens is 1. The Labute approximate surface area is 99.9 Å². The minimum atomic E-state index is -0.963. The van der Waals surface area contributed by atoms with Crippen molar-refractivity contribution < 1.29 is 9.90 Å². The fourth-order valence-electron chi connectivity index (χ4n) is 2.19. The topological polar surface area (TPSA) is 59.3 Å². The number of carboxylic acids is 1. The van der Waals surface area contributed by atoms with E-state index in [0.29, 0.717) is 17.8 Å². The molecule has 1 fully saturated rings. The van der Waals surface area contributed by atoms with E-state index in [1.54, 1.807) is 18.4 Å². The van der Waals surface area contributed by atoms with Crippen LogP contribution in [0.1, 0.15) is 41.4 Å². The van der Waals surface area contributed by atoms with Gasteiger partial charge in [0.15, 0.2) is 0 Å². The number of nitrogens with zero attached hydrogens (tertiary/aromatic N) is 1. The zero-order valence-electron chi connectivity index (χ0n) is 10.4. The molecule has 0 atom stereocenters. The Balaban J connectivity index is 2.55. The molecular weight excluding hydrogens is 218 g/mol. The lowest BCUT2D eigenvalue weighted by atomic mass is 10.1. The van der Waals surface area contributed by atoms with E-state index >= 15 is 0 Å². The monoisotopic (exact) mass is 235 g/mol. The summed E-state index contributed by atoms with van der Waals surface area (Å²) >= 11 is 0. The molecule has 1 aromatic heterocycles. The molecule has 1 aromatic rings. The van der Waals surface area contributed by atoms with E-state index < -0.39 is 5.97 Å². The molecule has 0 aliphatic heterocycles. The molecule has 2 rings (SSSR count). The fraction of sp³-hybridized carbons (Fsp3) is 0.538. The molecule has 4 nitrogen and oxygen atoms in total. The van der Waals surface area contributed by atoms with E-state index in [1.807, 2.05) is 0 Å². The van der Waals surface area contributed by atoms with Gasteiger partial charge in [0.1, 0.15) is 0 Å². The average Bonchev–Trinajstić information content (AvgIpc) is 2.90. The van der Waals surface area contributed by atoms with Crippen molar-refractivity contribution in [3.8, 4) is 0 Å². The molecule has 1 aliphatic rings. The molecule has 0 radical (unpaired) electrons. The third kappa shape index (κ3) is 2.12. The highest BCUT2D eigenvalue weighted by atomic mass is 16.4. The number of hydrogen-bond acceptors (Lipinski definition) is 2. The first-order valence-electron chi connectivity index (χ1n) is 5.78. The number of carboxylic acid groups (broad SMARTS) is 1. The summed E-state index contributed by atoms with van der Waals surface area (Å²) in [5.74, 6) is -0.963. The number of rotatable bonds is 3. The molecule has 0 unspecified atom stereocenters. The molecule has 0 spiro atoms. The summed E-state index contributed by atoms with van der Waals surface area (Å²) in [4.78, 5) is 23.1. The standard InChI is InChI=1S/C13H17NO3/c1-8-6-10(15)14(7-13(3)4-5-13)9(2)11(8)12(16)17/h6H,4-5,7H2,1-3H3,(H,16,17). The molecule has 0 amide bonds. The first-order valence-corrected chi connectivity index (χ1v) is 5.78. The fourth-order valence-corrected chi connectivity index (χ4v) is 2.19. The van der Waals surface area contributed by atoms with Crippen molar-refractivity contribution in [3.05, 3.63) is 33.2 Å². The summed E-state index contributed by atoms with van der Waals surface area (Å²) in [6.45, 7) is 6.13. The minimum Gasteiger partial charge on any atom is -0.478 e. The van der Waals surface area contributed by atoms with Crippen molar-refractivity contribution in [3.63, 3.8) is 0 Å². The molecule has 4 heteroatoms. The van der Waals surface area contributed by atoms with E-state index in [9.17, 15) is 9.59 Å². The number of aromatic carboxylic acids is 1. The second-order valence-corrected chi connectivity index (χ2v) is 5.33. The van der Waals surface area contributed by atoms with Gasteiger partial charge in [-0.05, 0) is 37.7 Å². The molecule has 1 N–H and O–H groups in total. The van der Waals surface area contributed by atoms with Crippen LogP contribution in [0, 0.1) is 19.3 Å². The molecule has 1 heterocycles. The highest BCUT2D eigenvalue weighted by Gasteiger charge is 2.38. The van der Waals surface area contributed by atoms with Crippen molar-refractivity contribution in [1.29, 1.82) is 0 Å². The number of pyridine rings is 1. The molecule has 0 bridgehead atoms. The maximum atomic E-state index is 11.9. The Hall–Kier alpha value is -1.58. The summed E-state index contributed by atoms with van der Waals surface area (Å²) in [7, 11) is 0. The summed E-state index contributed by atoms with van der Waals surface area (Å²) in [5.41, 5.74) is 1.44. The van der Waals surface area contributed by atoms with Crippen LogP contribution in [0.3, 0.4) is 0 Å². The van der Waals surface area contributed by atoms with Crippen molar-refractivity contribution in [2.24, 2.45) is 5.41 Å². The van der Waals surface area contributed by atoms with Crippen LogP contribution in [-0.2, 0) is 6.54 Å². The van der Waals surface area contributed by atoms with Crippen LogP contribution in [0.15, 0.2) is 10.9 Å². The van der Waals surface area contributed by atoms with Gasteiger partial charge in [0.05, 0.1) is 5.56 Å². The van der Waals surface area contributed by atoms with Crippen LogP contribution >= 0.6 is 0 Å². The summed E-state index contributed by atoms with van der Waals surface area (Å²) in [6, 6.07) is 1.42. The molecule has 0 saturated heterocycles. The maximum absolute atomic E-state index is 11.9. The van der Waals surface area contributed by atoms with Gasteiger partial charge in [-0.15, -0.1) is 0 Å². The van der Waals surface area contributed by atoms with Crippen LogP contribution in [0.25, 0.3) is 0 Å². The summed E-state index contributed by atoms with van der Waals surface area (Å²) in [5, 5.41) is 9.16. The highest BCUT2D eigenvalue weighted by molar-refractivity contribution is 5.90. The molecule has 0 aromatic carbocycles. The van der Waals surface area contributed by atoms with E-state index in [1.165, 1.54) is 6.07 Å². The van der Waals surface area contributed by atoms with Gasteiger partial charge in [-0.1, -0.05) is 6.92 Å². The van der Waals surface area contributed by atoms with Crippen LogP contribution in [0.4, 0.5) is 0 Å². The normalized spacial score (nSPS) is 16.9. The Bertz CT molecular complexity index is 538. The Morgan fingerprint density at radius 2 is 2.06 bits per heavy atom. The van der Waals surface area contributed by atoms with E-state index in [2.05, 4.69) is 6.92 Å². The Morgan fingerprint density at radius 1 is 1.47 bits per heavy atom. The summed E-state index contributed by atoms with van der Waals surface area (Å²) < 4.78 is 1.60. The van der Waals surface area contributed by atoms with Gasteiger partial charge in [-0.3, -0.25) is 4.79 Å². The highest BCUT2D eigenvalue weighted by Crippen LogP contribution is 2.46. The predicted octanol–water partition coefficient (Wildman–Crippen LogP) is 1.96. The quantitative estimate of drug-likeness (QED) is 0.871. The lowest BCUT2D eigenvalue weighted by Crippen LogP contribution is -2.28. The second kappa shape index (κ2) is 3.72. The van der Waals surface area contributed by atoms with Gasteiger partial charge in [-0.25, -0.2) is 4.79 Å². The lowest BCUT2D eigenvalue weighted by molar-refractivity contribution is 0.0693. The van der Waals surface area contributed by atoms with Gasteiger partial charge in [-0.2, -0.15) is 0 Å². The second-order valence-electron chi connectivity index (χ2n) is 5.33. The van der Waals surface area contributed by atoms with Crippen molar-refractivity contribution in [2.45, 2.75) is 40.2 Å². The first kappa shape index (κ1) is 11.9. The molecule has 1 aliphatic carbocycles. The number of carbonyl (C=O) groups is 1. The van der Waals surface area contributed by atoms with Crippen LogP contribution in [0.2, 0.25) is 0 Å². The van der Waals surface area contributed by atoms with Gasteiger partial charge in [0.25, 0.3) is 5.56 Å². The Kier molecular flexibility index (Phi) is 2.60. The molecular formula is C13H17NO3. The van der Waals surface area contributed by atoms with Crippen LogP contribution in [0.5, 0.6) is 0 Å². The zero-order valence-corrected chi connectivity index (χ0v) is 10.4. The maximum Gasteiger partial charge on any atom is 0.337 e. The van der Waals surface area contributed by atoms with Gasteiger partial charge in [0, 0.05) is 18.3 Å². The van der Waals surface area contributed by atoms with Gasteiger partial charge < -0.3 is 9.67 Å². The van der Waals surface area contributed by atoms with Crippen molar-refractivity contribution in [1.82, 2.24) is 4.57 Å². The zero-order chi connectivity index (χ0) is 12.8. The van der Waals surface area contributed by atoms with Gasteiger partial charge in [0.2, 0.25) is 0 Å². The average molecular weight is 235 g/mol. The predicted molar refractivity (Wildman–Crippen MR) is 64.5 cm³/mol. The van der Waals surface area contributed by atoms with Crippen LogP contribution in [-0.4, -0.2) is 15.6 Å². The SMILES string of the molecule is Cc1cc(=O)n(CC2(C)CC2)c(C)c1C(=O)O. The van der Waals surface area contributed by atoms with E-state index in [4.69, 9.17) is 5.11 Å². The molecule has 92 valence electrons. The largest absolute Gasteiger partial charge is 0.478 e. The lowest BCUT2D eigenvalue weighted by Gasteiger charge is -2.17. The third-order valence-corrected chi connectivity index (χ3v) is 3.62. The van der Waals surface area contributed by atoms with Crippen molar-refractivity contribution >= 4 is 5.97 Å². The third-order valence-electron chi connectivity index (χ3n) is 3.62. The number of hydrogen-bond donors (Lipinski definition) is 1. The first-order chi connectivity index (χ1) is 7.84. The molecule has 1 saturated carbocycles. The van der Waals surface area contributed by atoms with E-state index in [0.717, 1.165) is 12.8 Å². The minimum absolute atomic E-state index is 0.0990. The smallest absolute Gasteiger partial charge is 0.337 e.